The first-order valence-corrected chi connectivity index (χ1v) is 6.83. The van der Waals surface area contributed by atoms with Gasteiger partial charge >= 0.3 is 0 Å². The highest BCUT2D eigenvalue weighted by atomic mass is 35.5. The first kappa shape index (κ1) is 12.6. The number of halogens is 1. The first-order valence-electron chi connectivity index (χ1n) is 5.57. The Morgan fingerprint density at radius 3 is 2.71 bits per heavy atom. The molecule has 0 fully saturated rings. The zero-order valence-electron chi connectivity index (χ0n) is 9.85. The van der Waals surface area contributed by atoms with Crippen molar-refractivity contribution in [2.75, 3.05) is 0 Å². The third kappa shape index (κ3) is 3.28. The fourth-order valence-electron chi connectivity index (χ4n) is 1.74. The molecule has 2 aromatic rings. The van der Waals surface area contributed by atoms with Gasteiger partial charge in [0.05, 0.1) is 10.0 Å². The third-order valence-electron chi connectivity index (χ3n) is 2.72. The normalized spacial score (nSPS) is 14.5. The molecule has 0 radical (unpaired) electrons. The molecule has 2 atom stereocenters. The van der Waals surface area contributed by atoms with Crippen molar-refractivity contribution in [1.29, 1.82) is 0 Å². The fraction of sp³-hybridized carbons (Fsp3) is 0.308. The Balaban J connectivity index is 2.02. The summed E-state index contributed by atoms with van der Waals surface area (Å²) in [6.45, 7) is 4.25. The summed E-state index contributed by atoms with van der Waals surface area (Å²) < 4.78 is 0.833. The van der Waals surface area contributed by atoms with Gasteiger partial charge in [0.15, 0.2) is 0 Å². The Kier molecular flexibility index (Phi) is 4.15. The lowest BCUT2D eigenvalue weighted by molar-refractivity contribution is 0.487. The zero-order valence-corrected chi connectivity index (χ0v) is 11.4. The number of aromatic nitrogens is 1. The molecule has 0 amide bonds. The minimum Gasteiger partial charge on any atom is -0.302 e. The summed E-state index contributed by atoms with van der Waals surface area (Å²) in [4.78, 5) is 4.34. The van der Waals surface area contributed by atoms with Crippen LogP contribution in [-0.4, -0.2) is 4.98 Å². The van der Waals surface area contributed by atoms with E-state index in [0.29, 0.717) is 0 Å². The number of rotatable bonds is 4. The van der Waals surface area contributed by atoms with E-state index in [4.69, 9.17) is 11.6 Å². The van der Waals surface area contributed by atoms with E-state index in [2.05, 4.69) is 29.5 Å². The summed E-state index contributed by atoms with van der Waals surface area (Å²) in [5.74, 6) is 0. The van der Waals surface area contributed by atoms with E-state index in [1.165, 1.54) is 5.56 Å². The Morgan fingerprint density at radius 1 is 1.29 bits per heavy atom. The van der Waals surface area contributed by atoms with E-state index in [0.717, 1.165) is 10.0 Å². The molecule has 0 aliphatic carbocycles. The van der Waals surface area contributed by atoms with Gasteiger partial charge in [-0.05, 0) is 43.0 Å². The van der Waals surface area contributed by atoms with Gasteiger partial charge in [0.25, 0.3) is 0 Å². The number of hydrogen-bond donors (Lipinski definition) is 1. The summed E-state index contributed by atoms with van der Waals surface area (Å²) in [5, 5.41) is 5.60. The van der Waals surface area contributed by atoms with Crippen molar-refractivity contribution in [3.8, 4) is 0 Å². The van der Waals surface area contributed by atoms with Crippen LogP contribution in [0.5, 0.6) is 0 Å². The summed E-state index contributed by atoms with van der Waals surface area (Å²) >= 11 is 7.50. The molecule has 0 aliphatic rings. The maximum atomic E-state index is 5.94. The highest BCUT2D eigenvalue weighted by Gasteiger charge is 2.12. The Hall–Kier alpha value is -0.900. The second-order valence-corrected chi connectivity index (χ2v) is 5.59. The van der Waals surface area contributed by atoms with Crippen LogP contribution in [0.2, 0.25) is 4.34 Å². The van der Waals surface area contributed by atoms with Crippen molar-refractivity contribution >= 4 is 22.9 Å². The van der Waals surface area contributed by atoms with Crippen LogP contribution in [0.1, 0.15) is 37.2 Å². The number of thiophene rings is 1. The van der Waals surface area contributed by atoms with E-state index in [1.807, 2.05) is 30.5 Å². The lowest BCUT2D eigenvalue weighted by atomic mass is 10.1. The predicted octanol–water partition coefficient (Wildman–Crippen LogP) is 4.21. The van der Waals surface area contributed by atoms with Gasteiger partial charge in [-0.25, -0.2) is 0 Å². The molecular weight excluding hydrogens is 252 g/mol. The van der Waals surface area contributed by atoms with Crippen LogP contribution >= 0.6 is 22.9 Å². The molecule has 2 unspecified atom stereocenters. The monoisotopic (exact) mass is 266 g/mol. The molecule has 0 saturated heterocycles. The summed E-state index contributed by atoms with van der Waals surface area (Å²) in [7, 11) is 0. The van der Waals surface area contributed by atoms with Gasteiger partial charge in [-0.15, -0.1) is 11.3 Å². The van der Waals surface area contributed by atoms with Gasteiger partial charge in [0.1, 0.15) is 0 Å². The molecule has 2 rings (SSSR count). The SMILES string of the molecule is CC(NC(C)c1ccccn1)c1csc(Cl)c1. The van der Waals surface area contributed by atoms with E-state index >= 15 is 0 Å². The van der Waals surface area contributed by atoms with Gasteiger partial charge in [0.2, 0.25) is 0 Å². The maximum absolute atomic E-state index is 5.94. The van der Waals surface area contributed by atoms with Crippen LogP contribution in [0.25, 0.3) is 0 Å². The second kappa shape index (κ2) is 5.63. The topological polar surface area (TPSA) is 24.9 Å². The van der Waals surface area contributed by atoms with E-state index in [-0.39, 0.29) is 12.1 Å². The minimum atomic E-state index is 0.227. The Morgan fingerprint density at radius 2 is 2.12 bits per heavy atom. The molecule has 0 aliphatic heterocycles. The molecule has 1 N–H and O–H groups in total. The van der Waals surface area contributed by atoms with Crippen LogP contribution in [0.4, 0.5) is 0 Å². The molecule has 17 heavy (non-hydrogen) atoms. The molecule has 4 heteroatoms. The Bertz CT molecular complexity index is 469. The Labute approximate surface area is 111 Å². The van der Waals surface area contributed by atoms with Crippen molar-refractivity contribution in [3.05, 3.63) is 51.4 Å². The van der Waals surface area contributed by atoms with Crippen molar-refractivity contribution in [1.82, 2.24) is 10.3 Å². The number of nitrogens with one attached hydrogen (secondary N) is 1. The van der Waals surface area contributed by atoms with Crippen LogP contribution in [0, 0.1) is 0 Å². The van der Waals surface area contributed by atoms with Crippen molar-refractivity contribution < 1.29 is 0 Å². The van der Waals surface area contributed by atoms with E-state index in [1.54, 1.807) is 11.3 Å². The quantitative estimate of drug-likeness (QED) is 0.897. The van der Waals surface area contributed by atoms with Gasteiger partial charge in [0, 0.05) is 18.3 Å². The molecule has 0 aromatic carbocycles. The van der Waals surface area contributed by atoms with Gasteiger partial charge in [-0.2, -0.15) is 0 Å². The highest BCUT2D eigenvalue weighted by molar-refractivity contribution is 7.14. The molecule has 0 saturated carbocycles. The van der Waals surface area contributed by atoms with Crippen LogP contribution in [0.15, 0.2) is 35.8 Å². The van der Waals surface area contributed by atoms with Crippen LogP contribution in [-0.2, 0) is 0 Å². The van der Waals surface area contributed by atoms with Crippen molar-refractivity contribution in [2.45, 2.75) is 25.9 Å². The van der Waals surface area contributed by atoms with Gasteiger partial charge < -0.3 is 5.32 Å². The zero-order chi connectivity index (χ0) is 12.3. The van der Waals surface area contributed by atoms with E-state index < -0.39 is 0 Å². The first-order chi connectivity index (χ1) is 8.16. The summed E-state index contributed by atoms with van der Waals surface area (Å²) in [6.07, 6.45) is 1.82. The highest BCUT2D eigenvalue weighted by Crippen LogP contribution is 2.26. The van der Waals surface area contributed by atoms with Crippen LogP contribution < -0.4 is 5.32 Å². The van der Waals surface area contributed by atoms with Crippen LogP contribution in [0.3, 0.4) is 0 Å². The summed E-state index contributed by atoms with van der Waals surface area (Å²) in [6, 6.07) is 8.48. The number of nitrogens with zero attached hydrogens (tertiary/aromatic N) is 1. The molecular formula is C13H15ClN2S. The van der Waals surface area contributed by atoms with Gasteiger partial charge in [-0.3, -0.25) is 4.98 Å². The molecule has 0 spiro atoms. The second-order valence-electron chi connectivity index (χ2n) is 4.05. The maximum Gasteiger partial charge on any atom is 0.0931 e. The smallest absolute Gasteiger partial charge is 0.0931 e. The minimum absolute atomic E-state index is 0.227. The molecule has 2 aromatic heterocycles. The predicted molar refractivity (Wildman–Crippen MR) is 73.5 cm³/mol. The lowest BCUT2D eigenvalue weighted by Crippen LogP contribution is -2.22. The molecule has 90 valence electrons. The number of pyridine rings is 1. The standard InChI is InChI=1S/C13H15ClN2S/c1-9(11-7-13(14)17-8-11)16-10(2)12-5-3-4-6-15-12/h3-10,16H,1-2H3. The molecule has 2 heterocycles. The third-order valence-corrected chi connectivity index (χ3v) is 3.83. The van der Waals surface area contributed by atoms with E-state index in [9.17, 15) is 0 Å². The molecule has 0 bridgehead atoms. The van der Waals surface area contributed by atoms with Crippen molar-refractivity contribution in [3.63, 3.8) is 0 Å². The number of hydrogen-bond acceptors (Lipinski definition) is 3. The molecule has 2 nitrogen and oxygen atoms in total. The van der Waals surface area contributed by atoms with Gasteiger partial charge in [-0.1, -0.05) is 17.7 Å². The average Bonchev–Trinajstić information content (AvgIpc) is 2.77. The largest absolute Gasteiger partial charge is 0.302 e. The van der Waals surface area contributed by atoms with Crippen molar-refractivity contribution in [2.24, 2.45) is 0 Å². The average molecular weight is 267 g/mol. The summed E-state index contributed by atoms with van der Waals surface area (Å²) in [5.41, 5.74) is 2.28. The lowest BCUT2D eigenvalue weighted by Gasteiger charge is -2.18. The fourth-order valence-corrected chi connectivity index (χ4v) is 2.72.